The summed E-state index contributed by atoms with van der Waals surface area (Å²) in [5.74, 6) is 1.12. The third kappa shape index (κ3) is 3.62. The monoisotopic (exact) mass is 303 g/mol. The van der Waals surface area contributed by atoms with Gasteiger partial charge in [0.2, 0.25) is 0 Å². The van der Waals surface area contributed by atoms with Crippen molar-refractivity contribution in [3.8, 4) is 0 Å². The van der Waals surface area contributed by atoms with Crippen LogP contribution in [0.4, 0.5) is 4.39 Å². The van der Waals surface area contributed by atoms with Gasteiger partial charge in [0.05, 0.1) is 5.02 Å². The molecule has 0 radical (unpaired) electrons. The van der Waals surface area contributed by atoms with Crippen molar-refractivity contribution in [3.05, 3.63) is 33.6 Å². The fourth-order valence-corrected chi connectivity index (χ4v) is 3.59. The summed E-state index contributed by atoms with van der Waals surface area (Å²) in [6, 6.07) is 2.83. The van der Waals surface area contributed by atoms with Gasteiger partial charge in [-0.05, 0) is 50.3 Å². The molecule has 0 aliphatic heterocycles. The fraction of sp³-hybridized carbons (Fsp3) is 0.600. The van der Waals surface area contributed by atoms with Crippen molar-refractivity contribution in [2.24, 2.45) is 11.8 Å². The predicted molar refractivity (Wildman–Crippen MR) is 79.3 cm³/mol. The van der Waals surface area contributed by atoms with E-state index in [4.69, 9.17) is 23.2 Å². The molecule has 106 valence electrons. The molecular weight excluding hydrogens is 284 g/mol. The highest BCUT2D eigenvalue weighted by molar-refractivity contribution is 6.36. The number of nitrogens with one attached hydrogen (secondary N) is 1. The highest BCUT2D eigenvalue weighted by atomic mass is 35.5. The van der Waals surface area contributed by atoms with E-state index < -0.39 is 5.82 Å². The van der Waals surface area contributed by atoms with E-state index in [2.05, 4.69) is 12.2 Å². The van der Waals surface area contributed by atoms with Gasteiger partial charge in [-0.1, -0.05) is 36.5 Å². The Hall–Kier alpha value is -0.310. The van der Waals surface area contributed by atoms with Crippen LogP contribution in [0.15, 0.2) is 12.1 Å². The quantitative estimate of drug-likeness (QED) is 0.752. The first-order valence-corrected chi connectivity index (χ1v) is 7.61. The third-order valence-electron chi connectivity index (χ3n) is 4.03. The van der Waals surface area contributed by atoms with Crippen LogP contribution in [0, 0.1) is 17.7 Å². The maximum atomic E-state index is 13.5. The summed E-state index contributed by atoms with van der Waals surface area (Å²) >= 11 is 12.1. The zero-order chi connectivity index (χ0) is 14.0. The van der Waals surface area contributed by atoms with Gasteiger partial charge in [-0.25, -0.2) is 4.39 Å². The van der Waals surface area contributed by atoms with Crippen LogP contribution in [-0.4, -0.2) is 6.54 Å². The molecule has 1 saturated carbocycles. The zero-order valence-corrected chi connectivity index (χ0v) is 12.9. The van der Waals surface area contributed by atoms with Crippen LogP contribution < -0.4 is 5.32 Å². The first-order chi connectivity index (χ1) is 8.99. The van der Waals surface area contributed by atoms with E-state index in [1.54, 1.807) is 6.07 Å². The summed E-state index contributed by atoms with van der Waals surface area (Å²) in [6.07, 6.45) is 3.85. The zero-order valence-electron chi connectivity index (χ0n) is 11.3. The summed E-state index contributed by atoms with van der Waals surface area (Å²) in [5.41, 5.74) is 0.661. The van der Waals surface area contributed by atoms with Gasteiger partial charge >= 0.3 is 0 Å². The van der Waals surface area contributed by atoms with Crippen molar-refractivity contribution in [3.63, 3.8) is 0 Å². The molecule has 19 heavy (non-hydrogen) atoms. The van der Waals surface area contributed by atoms with Crippen LogP contribution in [0.5, 0.6) is 0 Å². The van der Waals surface area contributed by atoms with Crippen LogP contribution >= 0.6 is 23.2 Å². The summed E-state index contributed by atoms with van der Waals surface area (Å²) in [5, 5.41) is 4.09. The molecule has 1 aromatic rings. The molecule has 1 aliphatic carbocycles. The predicted octanol–water partition coefficient (Wildman–Crippen LogP) is 5.22. The van der Waals surface area contributed by atoms with Crippen LogP contribution in [-0.2, 0) is 0 Å². The maximum absolute atomic E-state index is 13.5. The summed E-state index contributed by atoms with van der Waals surface area (Å²) in [6.45, 7) is 5.21. The fourth-order valence-electron chi connectivity index (χ4n) is 2.90. The molecule has 3 atom stereocenters. The van der Waals surface area contributed by atoms with Crippen LogP contribution in [0.1, 0.15) is 44.7 Å². The summed E-state index contributed by atoms with van der Waals surface area (Å²) < 4.78 is 13.5. The largest absolute Gasteiger partial charge is 0.310 e. The average molecular weight is 304 g/mol. The molecule has 1 N–H and O–H groups in total. The van der Waals surface area contributed by atoms with E-state index in [1.165, 1.54) is 25.3 Å². The number of rotatable bonds is 4. The Balaban J connectivity index is 2.00. The Labute approximate surface area is 124 Å². The Morgan fingerprint density at radius 2 is 2.11 bits per heavy atom. The van der Waals surface area contributed by atoms with Gasteiger partial charge in [0.15, 0.2) is 0 Å². The van der Waals surface area contributed by atoms with E-state index in [9.17, 15) is 4.39 Å². The minimum absolute atomic E-state index is 0.0355. The molecule has 1 aromatic carbocycles. The topological polar surface area (TPSA) is 12.0 Å². The summed E-state index contributed by atoms with van der Waals surface area (Å²) in [7, 11) is 0. The van der Waals surface area contributed by atoms with Crippen molar-refractivity contribution in [2.45, 2.75) is 39.2 Å². The molecule has 3 unspecified atom stereocenters. The van der Waals surface area contributed by atoms with E-state index in [1.807, 2.05) is 6.92 Å². The van der Waals surface area contributed by atoms with Gasteiger partial charge in [0.25, 0.3) is 0 Å². The normalized spacial score (nSPS) is 24.7. The maximum Gasteiger partial charge on any atom is 0.142 e. The molecule has 1 aliphatic rings. The second-order valence-electron chi connectivity index (χ2n) is 5.67. The van der Waals surface area contributed by atoms with Crippen molar-refractivity contribution in [1.29, 1.82) is 0 Å². The van der Waals surface area contributed by atoms with Crippen LogP contribution in [0.2, 0.25) is 10.0 Å². The molecule has 2 rings (SSSR count). The Kier molecular flexibility index (Phi) is 5.10. The lowest BCUT2D eigenvalue weighted by atomic mass is 10.0. The van der Waals surface area contributed by atoms with Gasteiger partial charge in [-0.2, -0.15) is 0 Å². The Bertz CT molecular complexity index is 450. The van der Waals surface area contributed by atoms with Crippen LogP contribution in [0.3, 0.4) is 0 Å². The molecule has 0 saturated heterocycles. The van der Waals surface area contributed by atoms with Crippen molar-refractivity contribution in [1.82, 2.24) is 5.32 Å². The van der Waals surface area contributed by atoms with Gasteiger partial charge in [0, 0.05) is 16.6 Å². The van der Waals surface area contributed by atoms with Gasteiger partial charge in [-0.15, -0.1) is 0 Å². The Morgan fingerprint density at radius 3 is 2.74 bits per heavy atom. The van der Waals surface area contributed by atoms with Gasteiger partial charge in [0.1, 0.15) is 5.82 Å². The standard InChI is InChI=1S/C15H20Cl2FN/c1-9-3-4-11(7-9)8-19-10(2)14-12(16)5-6-13(18)15(14)17/h5-6,9-11,19H,3-4,7-8H2,1-2H3. The van der Waals surface area contributed by atoms with E-state index in [0.29, 0.717) is 16.5 Å². The van der Waals surface area contributed by atoms with Crippen LogP contribution in [0.25, 0.3) is 0 Å². The minimum atomic E-state index is -0.413. The molecule has 0 aromatic heterocycles. The number of benzene rings is 1. The highest BCUT2D eigenvalue weighted by Crippen LogP contribution is 2.34. The van der Waals surface area contributed by atoms with Crippen molar-refractivity contribution < 1.29 is 4.39 Å². The lowest BCUT2D eigenvalue weighted by Gasteiger charge is -2.20. The van der Waals surface area contributed by atoms with Gasteiger partial charge < -0.3 is 5.32 Å². The Morgan fingerprint density at radius 1 is 1.37 bits per heavy atom. The first-order valence-electron chi connectivity index (χ1n) is 6.85. The number of hydrogen-bond donors (Lipinski definition) is 1. The molecular formula is C15H20Cl2FN. The van der Waals surface area contributed by atoms with Crippen molar-refractivity contribution >= 4 is 23.2 Å². The lowest BCUT2D eigenvalue weighted by Crippen LogP contribution is -2.25. The summed E-state index contributed by atoms with van der Waals surface area (Å²) in [4.78, 5) is 0. The first kappa shape index (κ1) is 15.1. The molecule has 0 spiro atoms. The number of halogens is 3. The van der Waals surface area contributed by atoms with E-state index in [-0.39, 0.29) is 11.1 Å². The second kappa shape index (κ2) is 6.43. The highest BCUT2D eigenvalue weighted by Gasteiger charge is 2.23. The van der Waals surface area contributed by atoms with E-state index >= 15 is 0 Å². The molecule has 0 heterocycles. The minimum Gasteiger partial charge on any atom is -0.310 e. The second-order valence-corrected chi connectivity index (χ2v) is 6.46. The molecule has 1 nitrogen and oxygen atoms in total. The average Bonchev–Trinajstić information content (AvgIpc) is 2.78. The smallest absolute Gasteiger partial charge is 0.142 e. The molecule has 0 amide bonds. The lowest BCUT2D eigenvalue weighted by molar-refractivity contribution is 0.439. The molecule has 1 fully saturated rings. The van der Waals surface area contributed by atoms with Gasteiger partial charge in [-0.3, -0.25) is 0 Å². The number of hydrogen-bond acceptors (Lipinski definition) is 1. The molecule has 0 bridgehead atoms. The molecule has 4 heteroatoms. The van der Waals surface area contributed by atoms with E-state index in [0.717, 1.165) is 12.5 Å². The van der Waals surface area contributed by atoms with Crippen molar-refractivity contribution in [2.75, 3.05) is 6.54 Å². The SMILES string of the molecule is CC1CCC(CNC(C)c2c(Cl)ccc(F)c2Cl)C1. The third-order valence-corrected chi connectivity index (χ3v) is 4.74.